The van der Waals surface area contributed by atoms with Crippen molar-refractivity contribution in [3.8, 4) is 11.6 Å². The molecule has 0 aliphatic rings. The van der Waals surface area contributed by atoms with Crippen molar-refractivity contribution in [1.82, 2.24) is 4.98 Å². The lowest BCUT2D eigenvalue weighted by atomic mass is 10.2. The summed E-state index contributed by atoms with van der Waals surface area (Å²) in [6.45, 7) is 3.00. The molecular weight excluding hydrogens is 274 g/mol. The predicted octanol–water partition coefficient (Wildman–Crippen LogP) is 3.84. The van der Waals surface area contributed by atoms with Crippen molar-refractivity contribution in [2.45, 2.75) is 19.2 Å². The minimum absolute atomic E-state index is 0.455. The summed E-state index contributed by atoms with van der Waals surface area (Å²) < 4.78 is 11.2. The first-order valence-electron chi connectivity index (χ1n) is 6.68. The van der Waals surface area contributed by atoms with Gasteiger partial charge in [-0.25, -0.2) is 4.98 Å². The summed E-state index contributed by atoms with van der Waals surface area (Å²) >= 11 is 5.86. The van der Waals surface area contributed by atoms with Gasteiger partial charge in [-0.15, -0.1) is 11.6 Å². The SMILES string of the molecule is CCc1cc(CCl)cc(OCCOc2ccccc2)n1. The highest BCUT2D eigenvalue weighted by Gasteiger charge is 2.02. The van der Waals surface area contributed by atoms with E-state index in [1.165, 1.54) is 0 Å². The summed E-state index contributed by atoms with van der Waals surface area (Å²) in [5.41, 5.74) is 2.01. The fourth-order valence-corrected chi connectivity index (χ4v) is 1.93. The number of alkyl halides is 1. The van der Waals surface area contributed by atoms with E-state index in [9.17, 15) is 0 Å². The zero-order valence-electron chi connectivity index (χ0n) is 11.5. The smallest absolute Gasteiger partial charge is 0.213 e. The fourth-order valence-electron chi connectivity index (χ4n) is 1.78. The molecule has 0 spiro atoms. The third-order valence-corrected chi connectivity index (χ3v) is 3.09. The molecule has 3 nitrogen and oxygen atoms in total. The van der Waals surface area contributed by atoms with Crippen molar-refractivity contribution in [3.05, 3.63) is 53.7 Å². The Labute approximate surface area is 124 Å². The van der Waals surface area contributed by atoms with Gasteiger partial charge in [0.15, 0.2) is 0 Å². The third kappa shape index (κ3) is 4.42. The molecule has 0 bridgehead atoms. The van der Waals surface area contributed by atoms with Crippen LogP contribution in [0.5, 0.6) is 11.6 Å². The first kappa shape index (κ1) is 14.7. The summed E-state index contributed by atoms with van der Waals surface area (Å²) in [7, 11) is 0. The second kappa shape index (κ2) is 7.75. The van der Waals surface area contributed by atoms with Crippen LogP contribution in [0.3, 0.4) is 0 Å². The van der Waals surface area contributed by atoms with E-state index in [0.29, 0.717) is 25.0 Å². The van der Waals surface area contributed by atoms with Crippen molar-refractivity contribution >= 4 is 11.6 Å². The molecule has 0 atom stereocenters. The van der Waals surface area contributed by atoms with E-state index in [2.05, 4.69) is 11.9 Å². The Bertz CT molecular complexity index is 509. The second-order valence-electron chi connectivity index (χ2n) is 4.30. The number of halogens is 1. The van der Waals surface area contributed by atoms with Crippen molar-refractivity contribution < 1.29 is 9.47 Å². The standard InChI is InChI=1S/C16H18ClNO2/c1-2-14-10-13(12-17)11-16(18-14)20-9-8-19-15-6-4-3-5-7-15/h3-7,10-11H,2,8-9,12H2,1H3. The van der Waals surface area contributed by atoms with E-state index in [1.807, 2.05) is 42.5 Å². The van der Waals surface area contributed by atoms with Crippen LogP contribution in [0.25, 0.3) is 0 Å². The normalized spacial score (nSPS) is 10.3. The van der Waals surface area contributed by atoms with Gasteiger partial charge in [-0.3, -0.25) is 0 Å². The molecule has 0 aliphatic heterocycles. The first-order valence-corrected chi connectivity index (χ1v) is 7.21. The number of ether oxygens (including phenoxy) is 2. The highest BCUT2D eigenvalue weighted by molar-refractivity contribution is 6.17. The van der Waals surface area contributed by atoms with E-state index >= 15 is 0 Å². The van der Waals surface area contributed by atoms with Gasteiger partial charge in [0.25, 0.3) is 0 Å². The van der Waals surface area contributed by atoms with E-state index in [4.69, 9.17) is 21.1 Å². The Hall–Kier alpha value is -1.74. The fraction of sp³-hybridized carbons (Fsp3) is 0.312. The topological polar surface area (TPSA) is 31.4 Å². The first-order chi connectivity index (χ1) is 9.81. The number of pyridine rings is 1. The number of benzene rings is 1. The molecule has 0 aliphatic carbocycles. The number of hydrogen-bond acceptors (Lipinski definition) is 3. The molecule has 0 amide bonds. The molecule has 1 aromatic heterocycles. The Kier molecular flexibility index (Phi) is 5.69. The van der Waals surface area contributed by atoms with Gasteiger partial charge >= 0.3 is 0 Å². The molecule has 0 saturated heterocycles. The lowest BCUT2D eigenvalue weighted by Gasteiger charge is -2.09. The summed E-state index contributed by atoms with van der Waals surface area (Å²) in [6.07, 6.45) is 0.863. The Balaban J connectivity index is 1.84. The maximum Gasteiger partial charge on any atom is 0.213 e. The maximum atomic E-state index is 5.86. The molecule has 0 N–H and O–H groups in total. The Morgan fingerprint density at radius 3 is 2.50 bits per heavy atom. The summed E-state index contributed by atoms with van der Waals surface area (Å²) in [4.78, 5) is 4.41. The average molecular weight is 292 g/mol. The third-order valence-electron chi connectivity index (χ3n) is 2.78. The van der Waals surface area contributed by atoms with Gasteiger partial charge in [0, 0.05) is 17.6 Å². The van der Waals surface area contributed by atoms with E-state index in [0.717, 1.165) is 23.4 Å². The monoisotopic (exact) mass is 291 g/mol. The summed E-state index contributed by atoms with van der Waals surface area (Å²) in [6, 6.07) is 13.5. The van der Waals surface area contributed by atoms with Crippen LogP contribution in [0.15, 0.2) is 42.5 Å². The number of para-hydroxylation sites is 1. The number of hydrogen-bond donors (Lipinski definition) is 0. The second-order valence-corrected chi connectivity index (χ2v) is 4.57. The van der Waals surface area contributed by atoms with Crippen LogP contribution in [0.1, 0.15) is 18.2 Å². The van der Waals surface area contributed by atoms with Crippen LogP contribution in [0.2, 0.25) is 0 Å². The van der Waals surface area contributed by atoms with Gasteiger partial charge in [0.2, 0.25) is 5.88 Å². The van der Waals surface area contributed by atoms with Gasteiger partial charge in [0.05, 0.1) is 0 Å². The highest BCUT2D eigenvalue weighted by atomic mass is 35.5. The van der Waals surface area contributed by atoms with Crippen LogP contribution < -0.4 is 9.47 Å². The van der Waals surface area contributed by atoms with Crippen LogP contribution >= 0.6 is 11.6 Å². The largest absolute Gasteiger partial charge is 0.490 e. The lowest BCUT2D eigenvalue weighted by Crippen LogP contribution is -2.10. The quantitative estimate of drug-likeness (QED) is 0.574. The molecule has 2 aromatic rings. The van der Waals surface area contributed by atoms with E-state index in [1.54, 1.807) is 0 Å². The van der Waals surface area contributed by atoms with Crippen LogP contribution in [0.4, 0.5) is 0 Å². The lowest BCUT2D eigenvalue weighted by molar-refractivity contribution is 0.211. The van der Waals surface area contributed by atoms with Gasteiger partial charge in [-0.2, -0.15) is 0 Å². The molecule has 4 heteroatoms. The van der Waals surface area contributed by atoms with E-state index < -0.39 is 0 Å². The van der Waals surface area contributed by atoms with Crippen molar-refractivity contribution in [1.29, 1.82) is 0 Å². The highest BCUT2D eigenvalue weighted by Crippen LogP contribution is 2.15. The van der Waals surface area contributed by atoms with E-state index in [-0.39, 0.29) is 0 Å². The van der Waals surface area contributed by atoms with Crippen LogP contribution in [-0.2, 0) is 12.3 Å². The number of aromatic nitrogens is 1. The zero-order chi connectivity index (χ0) is 14.2. The molecule has 0 radical (unpaired) electrons. The molecule has 2 rings (SSSR count). The van der Waals surface area contributed by atoms with Gasteiger partial charge in [-0.05, 0) is 30.2 Å². The number of aryl methyl sites for hydroxylation is 1. The minimum atomic E-state index is 0.455. The van der Waals surface area contributed by atoms with Gasteiger partial charge in [0.1, 0.15) is 19.0 Å². The van der Waals surface area contributed by atoms with Crippen molar-refractivity contribution in [2.75, 3.05) is 13.2 Å². The number of nitrogens with zero attached hydrogens (tertiary/aromatic N) is 1. The Morgan fingerprint density at radius 1 is 1.05 bits per heavy atom. The Morgan fingerprint density at radius 2 is 1.80 bits per heavy atom. The summed E-state index contributed by atoms with van der Waals surface area (Å²) in [5, 5.41) is 0. The molecule has 106 valence electrons. The minimum Gasteiger partial charge on any atom is -0.490 e. The van der Waals surface area contributed by atoms with Crippen molar-refractivity contribution in [3.63, 3.8) is 0 Å². The maximum absolute atomic E-state index is 5.86. The molecule has 20 heavy (non-hydrogen) atoms. The van der Waals surface area contributed by atoms with Crippen LogP contribution in [0, 0.1) is 0 Å². The molecule has 1 heterocycles. The molecule has 0 unspecified atom stereocenters. The average Bonchev–Trinajstić information content (AvgIpc) is 2.52. The summed E-state index contributed by atoms with van der Waals surface area (Å²) in [5.74, 6) is 1.91. The van der Waals surface area contributed by atoms with Gasteiger partial charge in [-0.1, -0.05) is 25.1 Å². The molecule has 0 saturated carbocycles. The number of rotatable bonds is 7. The van der Waals surface area contributed by atoms with Crippen LogP contribution in [-0.4, -0.2) is 18.2 Å². The molecule has 0 fully saturated rings. The van der Waals surface area contributed by atoms with Crippen molar-refractivity contribution in [2.24, 2.45) is 0 Å². The van der Waals surface area contributed by atoms with Gasteiger partial charge < -0.3 is 9.47 Å². The zero-order valence-corrected chi connectivity index (χ0v) is 12.3. The molecule has 1 aromatic carbocycles. The predicted molar refractivity (Wildman–Crippen MR) is 80.6 cm³/mol. The molecular formula is C16H18ClNO2.